The van der Waals surface area contributed by atoms with Gasteiger partial charge in [-0.1, -0.05) is 32.9 Å². The van der Waals surface area contributed by atoms with Crippen molar-refractivity contribution >= 4 is 10.0 Å². The molecule has 1 aliphatic carbocycles. The number of hydrogen-bond donors (Lipinski definition) is 2. The molecule has 1 saturated carbocycles. The van der Waals surface area contributed by atoms with Crippen molar-refractivity contribution in [2.24, 2.45) is 5.92 Å². The Labute approximate surface area is 121 Å². The maximum Gasteiger partial charge on any atom is 0.240 e. The topological polar surface area (TPSA) is 66.4 Å². The van der Waals surface area contributed by atoms with Crippen LogP contribution in [0.15, 0.2) is 29.2 Å². The van der Waals surface area contributed by atoms with Crippen LogP contribution in [-0.2, 0) is 15.4 Å². The lowest BCUT2D eigenvalue weighted by atomic mass is 9.87. The van der Waals surface area contributed by atoms with Crippen molar-refractivity contribution in [3.63, 3.8) is 0 Å². The van der Waals surface area contributed by atoms with Gasteiger partial charge in [-0.05, 0) is 41.9 Å². The van der Waals surface area contributed by atoms with Gasteiger partial charge in [-0.2, -0.15) is 0 Å². The molecule has 1 atom stereocenters. The van der Waals surface area contributed by atoms with Crippen molar-refractivity contribution in [2.75, 3.05) is 6.54 Å². The standard InChI is InChI=1S/C15H23NO3S/c1-15(2,3)12-6-8-13(9-7-12)20(18,19)16-10-14(17)11-4-5-11/h6-9,11,14,16-17H,4-5,10H2,1-3H3. The van der Waals surface area contributed by atoms with E-state index in [9.17, 15) is 13.5 Å². The molecular weight excluding hydrogens is 274 g/mol. The van der Waals surface area contributed by atoms with E-state index in [-0.39, 0.29) is 22.8 Å². The van der Waals surface area contributed by atoms with Gasteiger partial charge in [-0.15, -0.1) is 0 Å². The summed E-state index contributed by atoms with van der Waals surface area (Å²) >= 11 is 0. The van der Waals surface area contributed by atoms with Crippen molar-refractivity contribution in [1.82, 2.24) is 4.72 Å². The average molecular weight is 297 g/mol. The normalized spacial score (nSPS) is 18.0. The molecule has 1 aromatic rings. The minimum atomic E-state index is -3.53. The Hall–Kier alpha value is -0.910. The summed E-state index contributed by atoms with van der Waals surface area (Å²) in [7, 11) is -3.53. The lowest BCUT2D eigenvalue weighted by Gasteiger charge is -2.19. The molecular formula is C15H23NO3S. The van der Waals surface area contributed by atoms with Crippen LogP contribution in [0.1, 0.15) is 39.2 Å². The summed E-state index contributed by atoms with van der Waals surface area (Å²) in [5.74, 6) is 0.265. The first kappa shape index (κ1) is 15.5. The summed E-state index contributed by atoms with van der Waals surface area (Å²) in [6.45, 7) is 6.34. The smallest absolute Gasteiger partial charge is 0.240 e. The van der Waals surface area contributed by atoms with Gasteiger partial charge in [-0.3, -0.25) is 0 Å². The number of sulfonamides is 1. The van der Waals surface area contributed by atoms with Crippen molar-refractivity contribution in [3.8, 4) is 0 Å². The van der Waals surface area contributed by atoms with Crippen LogP contribution < -0.4 is 4.72 Å². The molecule has 0 saturated heterocycles. The zero-order chi connectivity index (χ0) is 15.0. The molecule has 0 bridgehead atoms. The maximum absolute atomic E-state index is 12.1. The lowest BCUT2D eigenvalue weighted by Crippen LogP contribution is -2.33. The van der Waals surface area contributed by atoms with Crippen molar-refractivity contribution in [3.05, 3.63) is 29.8 Å². The van der Waals surface area contributed by atoms with Gasteiger partial charge in [-0.25, -0.2) is 13.1 Å². The molecule has 0 amide bonds. The van der Waals surface area contributed by atoms with E-state index in [0.29, 0.717) is 0 Å². The zero-order valence-electron chi connectivity index (χ0n) is 12.3. The van der Waals surface area contributed by atoms with Crippen LogP contribution in [0, 0.1) is 5.92 Å². The molecule has 2 N–H and O–H groups in total. The quantitative estimate of drug-likeness (QED) is 0.874. The molecule has 112 valence electrons. The van der Waals surface area contributed by atoms with E-state index >= 15 is 0 Å². The molecule has 0 aliphatic heterocycles. The van der Waals surface area contributed by atoms with Gasteiger partial charge >= 0.3 is 0 Å². The van der Waals surface area contributed by atoms with E-state index in [1.165, 1.54) is 0 Å². The Kier molecular flexibility index (Phi) is 4.23. The molecule has 5 heteroatoms. The maximum atomic E-state index is 12.1. The summed E-state index contributed by atoms with van der Waals surface area (Å²) < 4.78 is 26.7. The second-order valence-electron chi connectivity index (χ2n) is 6.53. The molecule has 2 rings (SSSR count). The molecule has 1 unspecified atom stereocenters. The van der Waals surface area contributed by atoms with Crippen LogP contribution in [0.3, 0.4) is 0 Å². The van der Waals surface area contributed by atoms with Crippen LogP contribution in [-0.4, -0.2) is 26.2 Å². The Morgan fingerprint density at radius 1 is 1.25 bits per heavy atom. The van der Waals surface area contributed by atoms with E-state index in [2.05, 4.69) is 25.5 Å². The first-order chi connectivity index (χ1) is 9.20. The second-order valence-corrected chi connectivity index (χ2v) is 8.30. The molecule has 1 aromatic carbocycles. The van der Waals surface area contributed by atoms with Gasteiger partial charge in [0.1, 0.15) is 0 Å². The number of rotatable bonds is 5. The highest BCUT2D eigenvalue weighted by Crippen LogP contribution is 2.32. The third-order valence-electron chi connectivity index (χ3n) is 3.68. The monoisotopic (exact) mass is 297 g/mol. The summed E-state index contributed by atoms with van der Waals surface area (Å²) in [5, 5.41) is 9.72. The van der Waals surface area contributed by atoms with E-state index in [1.807, 2.05) is 12.1 Å². The minimum Gasteiger partial charge on any atom is -0.391 e. The largest absolute Gasteiger partial charge is 0.391 e. The molecule has 1 aliphatic rings. The van der Waals surface area contributed by atoms with Crippen molar-refractivity contribution < 1.29 is 13.5 Å². The number of nitrogens with one attached hydrogen (secondary N) is 1. The fourth-order valence-corrected chi connectivity index (χ4v) is 3.11. The fourth-order valence-electron chi connectivity index (χ4n) is 2.06. The first-order valence-electron chi connectivity index (χ1n) is 6.98. The Balaban J connectivity index is 2.05. The van der Waals surface area contributed by atoms with Crippen LogP contribution in [0.4, 0.5) is 0 Å². The summed E-state index contributed by atoms with van der Waals surface area (Å²) in [6, 6.07) is 6.91. The molecule has 0 radical (unpaired) electrons. The Morgan fingerprint density at radius 2 is 1.80 bits per heavy atom. The number of aliphatic hydroxyl groups is 1. The van der Waals surface area contributed by atoms with Gasteiger partial charge in [0.2, 0.25) is 10.0 Å². The highest BCUT2D eigenvalue weighted by Gasteiger charge is 2.30. The van der Waals surface area contributed by atoms with Gasteiger partial charge in [0.05, 0.1) is 11.0 Å². The number of aliphatic hydroxyl groups excluding tert-OH is 1. The highest BCUT2D eigenvalue weighted by atomic mass is 32.2. The Morgan fingerprint density at radius 3 is 2.25 bits per heavy atom. The van der Waals surface area contributed by atoms with E-state index in [4.69, 9.17) is 0 Å². The molecule has 1 fully saturated rings. The highest BCUT2D eigenvalue weighted by molar-refractivity contribution is 7.89. The van der Waals surface area contributed by atoms with Crippen LogP contribution in [0.25, 0.3) is 0 Å². The van der Waals surface area contributed by atoms with Gasteiger partial charge in [0.15, 0.2) is 0 Å². The van der Waals surface area contributed by atoms with Gasteiger partial charge < -0.3 is 5.11 Å². The predicted octanol–water partition coefficient (Wildman–Crippen LogP) is 2.03. The average Bonchev–Trinajstić information content (AvgIpc) is 3.19. The third-order valence-corrected chi connectivity index (χ3v) is 5.12. The van der Waals surface area contributed by atoms with E-state index in [0.717, 1.165) is 18.4 Å². The van der Waals surface area contributed by atoms with E-state index in [1.54, 1.807) is 12.1 Å². The van der Waals surface area contributed by atoms with E-state index < -0.39 is 16.1 Å². The van der Waals surface area contributed by atoms with Gasteiger partial charge in [0.25, 0.3) is 0 Å². The molecule has 0 spiro atoms. The minimum absolute atomic E-state index is 0.00210. The Bertz CT molecular complexity index is 554. The lowest BCUT2D eigenvalue weighted by molar-refractivity contribution is 0.155. The number of hydrogen-bond acceptors (Lipinski definition) is 3. The number of benzene rings is 1. The summed E-state index contributed by atoms with van der Waals surface area (Å²) in [4.78, 5) is 0.244. The van der Waals surface area contributed by atoms with Crippen molar-refractivity contribution in [1.29, 1.82) is 0 Å². The first-order valence-corrected chi connectivity index (χ1v) is 8.47. The molecule has 0 aromatic heterocycles. The predicted molar refractivity (Wildman–Crippen MR) is 79.1 cm³/mol. The van der Waals surface area contributed by atoms with Crippen molar-refractivity contribution in [2.45, 2.75) is 50.0 Å². The third kappa shape index (κ3) is 3.81. The van der Waals surface area contributed by atoms with Crippen LogP contribution in [0.5, 0.6) is 0 Å². The van der Waals surface area contributed by atoms with Gasteiger partial charge in [0, 0.05) is 6.54 Å². The SMILES string of the molecule is CC(C)(C)c1ccc(S(=O)(=O)NCC(O)C2CC2)cc1. The van der Waals surface area contributed by atoms with Crippen LogP contribution in [0.2, 0.25) is 0 Å². The van der Waals surface area contributed by atoms with Crippen LogP contribution >= 0.6 is 0 Å². The second kappa shape index (κ2) is 5.47. The molecule has 20 heavy (non-hydrogen) atoms. The molecule has 4 nitrogen and oxygen atoms in total. The molecule has 0 heterocycles. The summed E-state index contributed by atoms with van der Waals surface area (Å²) in [5.41, 5.74) is 1.09. The fraction of sp³-hybridized carbons (Fsp3) is 0.600. The summed E-state index contributed by atoms with van der Waals surface area (Å²) in [6.07, 6.45) is 1.41. The zero-order valence-corrected chi connectivity index (χ0v) is 13.1.